The van der Waals surface area contributed by atoms with Crippen LogP contribution in [0.25, 0.3) is 0 Å². The number of hydrogen-bond acceptors (Lipinski definition) is 5. The Hall–Kier alpha value is -0.950. The van der Waals surface area contributed by atoms with Crippen LogP contribution in [-0.2, 0) is 4.79 Å². The van der Waals surface area contributed by atoms with Crippen LogP contribution < -0.4 is 5.32 Å². The van der Waals surface area contributed by atoms with Crippen molar-refractivity contribution in [1.29, 1.82) is 0 Å². The molecule has 55 heavy (non-hydrogen) atoms. The van der Waals surface area contributed by atoms with Gasteiger partial charge in [-0.2, -0.15) is 0 Å². The molecule has 0 fully saturated rings. The topological polar surface area (TPSA) is 110 Å². The average molecular weight is 780 g/mol. The van der Waals surface area contributed by atoms with Gasteiger partial charge in [-0.15, -0.1) is 0 Å². The summed E-state index contributed by atoms with van der Waals surface area (Å²) >= 11 is 0. The molecule has 0 rings (SSSR count). The number of amides is 1. The second-order valence-corrected chi connectivity index (χ2v) is 17.2. The molecule has 0 aliphatic heterocycles. The van der Waals surface area contributed by atoms with Gasteiger partial charge >= 0.3 is 0 Å². The number of aliphatic hydroxyl groups is 4. The summed E-state index contributed by atoms with van der Waals surface area (Å²) in [6.07, 6.45) is 50.2. The summed E-state index contributed by atoms with van der Waals surface area (Å²) in [5.41, 5.74) is 0. The molecular formula is C49H97NO5. The van der Waals surface area contributed by atoms with Gasteiger partial charge in [0.05, 0.1) is 18.8 Å². The average Bonchev–Trinajstić information content (AvgIpc) is 3.19. The molecule has 6 heteroatoms. The molecule has 0 bridgehead atoms. The number of aliphatic hydroxyl groups excluding tert-OH is 4. The van der Waals surface area contributed by atoms with Crippen molar-refractivity contribution in [1.82, 2.24) is 5.32 Å². The second kappa shape index (κ2) is 44.2. The van der Waals surface area contributed by atoms with E-state index in [9.17, 15) is 25.2 Å². The molecule has 6 nitrogen and oxygen atoms in total. The smallest absolute Gasteiger partial charge is 0.249 e. The van der Waals surface area contributed by atoms with Crippen molar-refractivity contribution in [2.45, 2.75) is 289 Å². The molecule has 0 spiro atoms. The summed E-state index contributed by atoms with van der Waals surface area (Å²) in [4.78, 5) is 12.5. The van der Waals surface area contributed by atoms with Crippen LogP contribution in [0, 0.1) is 0 Å². The van der Waals surface area contributed by atoms with Gasteiger partial charge in [-0.3, -0.25) is 4.79 Å². The minimum Gasteiger partial charge on any atom is -0.394 e. The van der Waals surface area contributed by atoms with Gasteiger partial charge in [0.15, 0.2) is 0 Å². The summed E-state index contributed by atoms with van der Waals surface area (Å²) in [7, 11) is 0. The van der Waals surface area contributed by atoms with E-state index in [1.54, 1.807) is 0 Å². The Labute approximate surface area is 342 Å². The maximum absolute atomic E-state index is 12.5. The predicted octanol–water partition coefficient (Wildman–Crippen LogP) is 13.4. The highest BCUT2D eigenvalue weighted by molar-refractivity contribution is 5.80. The number of allylic oxidation sites excluding steroid dienone is 2. The van der Waals surface area contributed by atoms with Crippen molar-refractivity contribution in [2.75, 3.05) is 6.61 Å². The second-order valence-electron chi connectivity index (χ2n) is 17.2. The van der Waals surface area contributed by atoms with Crippen LogP contribution in [0.2, 0.25) is 0 Å². The molecule has 0 aromatic heterocycles. The predicted molar refractivity (Wildman–Crippen MR) is 238 cm³/mol. The largest absolute Gasteiger partial charge is 0.394 e. The number of rotatable bonds is 45. The van der Waals surface area contributed by atoms with E-state index in [1.807, 2.05) is 0 Å². The van der Waals surface area contributed by atoms with Crippen molar-refractivity contribution < 1.29 is 25.2 Å². The van der Waals surface area contributed by atoms with Gasteiger partial charge in [-0.05, 0) is 38.5 Å². The van der Waals surface area contributed by atoms with E-state index in [4.69, 9.17) is 0 Å². The molecule has 0 aromatic rings. The third kappa shape index (κ3) is 38.3. The maximum atomic E-state index is 12.5. The molecule has 4 unspecified atom stereocenters. The van der Waals surface area contributed by atoms with E-state index in [0.29, 0.717) is 12.8 Å². The number of carbonyl (C=O) groups is 1. The first-order valence-electron chi connectivity index (χ1n) is 24.6. The fraction of sp³-hybridized carbons (Fsp3) is 0.939. The molecule has 0 heterocycles. The van der Waals surface area contributed by atoms with Crippen LogP contribution in [0.15, 0.2) is 12.2 Å². The molecule has 328 valence electrons. The first-order chi connectivity index (χ1) is 27.0. The normalized spacial score (nSPS) is 14.1. The molecular weight excluding hydrogens is 683 g/mol. The monoisotopic (exact) mass is 780 g/mol. The maximum Gasteiger partial charge on any atom is 0.249 e. The zero-order valence-corrected chi connectivity index (χ0v) is 36.9. The van der Waals surface area contributed by atoms with Gasteiger partial charge in [0.25, 0.3) is 0 Å². The summed E-state index contributed by atoms with van der Waals surface area (Å²) < 4.78 is 0. The van der Waals surface area contributed by atoms with Crippen molar-refractivity contribution in [3.05, 3.63) is 12.2 Å². The first kappa shape index (κ1) is 54.0. The molecule has 4 atom stereocenters. The van der Waals surface area contributed by atoms with Crippen LogP contribution in [0.5, 0.6) is 0 Å². The van der Waals surface area contributed by atoms with Crippen LogP contribution >= 0.6 is 0 Å². The highest BCUT2D eigenvalue weighted by Gasteiger charge is 2.28. The van der Waals surface area contributed by atoms with Gasteiger partial charge in [0, 0.05) is 0 Å². The van der Waals surface area contributed by atoms with E-state index in [-0.39, 0.29) is 0 Å². The van der Waals surface area contributed by atoms with Crippen LogP contribution in [-0.4, -0.2) is 57.3 Å². The SMILES string of the molecule is CCCCC/C=C/CCCC(O)C(O)C(CO)NC(=O)C(O)CCCCCCCCCCCCCCCCCCCCCCCCCCCCCCCCC. The number of unbranched alkanes of at least 4 members (excludes halogenated alkanes) is 34. The van der Waals surface area contributed by atoms with E-state index in [0.717, 1.165) is 38.5 Å². The zero-order chi connectivity index (χ0) is 40.3. The Balaban J connectivity index is 3.49. The third-order valence-corrected chi connectivity index (χ3v) is 11.7. The van der Waals surface area contributed by atoms with Crippen molar-refractivity contribution >= 4 is 5.91 Å². The highest BCUT2D eigenvalue weighted by Crippen LogP contribution is 2.17. The Bertz CT molecular complexity index is 791. The zero-order valence-electron chi connectivity index (χ0n) is 36.9. The van der Waals surface area contributed by atoms with Crippen molar-refractivity contribution in [3.8, 4) is 0 Å². The van der Waals surface area contributed by atoms with Crippen molar-refractivity contribution in [2.24, 2.45) is 0 Å². The standard InChI is InChI=1S/C49H97NO5/c1-3-5-7-9-11-13-14-15-16-17-18-19-20-21-22-23-24-25-26-27-28-29-30-31-32-33-34-35-37-39-41-43-47(53)49(55)50-45(44-51)48(54)46(52)42-40-38-36-12-10-8-6-4-2/h12,36,45-48,51-54H,3-11,13-35,37-44H2,1-2H3,(H,50,55)/b36-12+. The van der Waals surface area contributed by atoms with Gasteiger partial charge in [-0.25, -0.2) is 0 Å². The number of hydrogen-bond donors (Lipinski definition) is 5. The molecule has 0 aromatic carbocycles. The lowest BCUT2D eigenvalue weighted by atomic mass is 10.00. The minimum absolute atomic E-state index is 0.368. The van der Waals surface area contributed by atoms with Crippen LogP contribution in [0.4, 0.5) is 0 Å². The van der Waals surface area contributed by atoms with E-state index in [2.05, 4.69) is 31.3 Å². The molecule has 0 saturated heterocycles. The number of carbonyl (C=O) groups excluding carboxylic acids is 1. The first-order valence-corrected chi connectivity index (χ1v) is 24.6. The van der Waals surface area contributed by atoms with Crippen LogP contribution in [0.1, 0.15) is 264 Å². The van der Waals surface area contributed by atoms with E-state index in [1.165, 1.54) is 199 Å². The lowest BCUT2D eigenvalue weighted by Gasteiger charge is -2.27. The molecule has 0 saturated carbocycles. The third-order valence-electron chi connectivity index (χ3n) is 11.7. The molecule has 0 aliphatic carbocycles. The summed E-state index contributed by atoms with van der Waals surface area (Å²) in [6, 6.07) is -0.995. The van der Waals surface area contributed by atoms with E-state index >= 15 is 0 Å². The fourth-order valence-electron chi connectivity index (χ4n) is 7.82. The van der Waals surface area contributed by atoms with E-state index < -0.39 is 36.9 Å². The Kier molecular flexibility index (Phi) is 43.4. The highest BCUT2D eigenvalue weighted by atomic mass is 16.3. The fourth-order valence-corrected chi connectivity index (χ4v) is 7.82. The Morgan fingerprint density at radius 2 is 0.745 bits per heavy atom. The molecule has 0 aliphatic rings. The Morgan fingerprint density at radius 3 is 1.09 bits per heavy atom. The lowest BCUT2D eigenvalue weighted by Crippen LogP contribution is -2.53. The minimum atomic E-state index is -1.28. The van der Waals surface area contributed by atoms with Crippen molar-refractivity contribution in [3.63, 3.8) is 0 Å². The Morgan fingerprint density at radius 1 is 0.436 bits per heavy atom. The van der Waals surface area contributed by atoms with Gasteiger partial charge in [0.1, 0.15) is 12.2 Å². The van der Waals surface area contributed by atoms with Gasteiger partial charge in [-0.1, -0.05) is 238 Å². The van der Waals surface area contributed by atoms with Gasteiger partial charge < -0.3 is 25.7 Å². The molecule has 1 amide bonds. The lowest BCUT2D eigenvalue weighted by molar-refractivity contribution is -0.132. The summed E-state index contributed by atoms with van der Waals surface area (Å²) in [5, 5.41) is 43.4. The summed E-state index contributed by atoms with van der Waals surface area (Å²) in [6.45, 7) is 3.99. The summed E-state index contributed by atoms with van der Waals surface area (Å²) in [5.74, 6) is -0.592. The molecule has 5 N–H and O–H groups in total. The number of nitrogens with one attached hydrogen (secondary N) is 1. The molecule has 0 radical (unpaired) electrons. The van der Waals surface area contributed by atoms with Gasteiger partial charge in [0.2, 0.25) is 5.91 Å². The quantitative estimate of drug-likeness (QED) is 0.0312. The van der Waals surface area contributed by atoms with Crippen LogP contribution in [0.3, 0.4) is 0 Å².